The molecule has 1 aliphatic rings. The number of anilines is 1. The molecule has 146 valence electrons. The summed E-state index contributed by atoms with van der Waals surface area (Å²) in [6.45, 7) is 0.887. The van der Waals surface area contributed by atoms with Gasteiger partial charge in [0.15, 0.2) is 0 Å². The highest BCUT2D eigenvalue weighted by Crippen LogP contribution is 2.34. The first-order valence-corrected chi connectivity index (χ1v) is 10.4. The van der Waals surface area contributed by atoms with Crippen molar-refractivity contribution in [2.45, 2.75) is 11.1 Å². The summed E-state index contributed by atoms with van der Waals surface area (Å²) in [4.78, 5) is 5.68. The second kappa shape index (κ2) is 7.57. The van der Waals surface area contributed by atoms with Crippen molar-refractivity contribution < 1.29 is 21.6 Å². The molecule has 0 atom stereocenters. The Bertz CT molecular complexity index is 948. The highest BCUT2D eigenvalue weighted by molar-refractivity contribution is 9.10. The van der Waals surface area contributed by atoms with Crippen LogP contribution in [-0.2, 0) is 16.2 Å². The summed E-state index contributed by atoms with van der Waals surface area (Å²) >= 11 is 9.22. The van der Waals surface area contributed by atoms with E-state index in [1.54, 1.807) is 17.0 Å². The summed E-state index contributed by atoms with van der Waals surface area (Å²) < 4.78 is 65.6. The van der Waals surface area contributed by atoms with E-state index >= 15 is 0 Å². The predicted molar refractivity (Wildman–Crippen MR) is 99.4 cm³/mol. The van der Waals surface area contributed by atoms with Crippen molar-refractivity contribution in [2.75, 3.05) is 31.1 Å². The number of rotatable bonds is 3. The van der Waals surface area contributed by atoms with E-state index in [0.29, 0.717) is 4.47 Å². The number of hydrogen-bond acceptors (Lipinski definition) is 4. The van der Waals surface area contributed by atoms with E-state index in [4.69, 9.17) is 11.6 Å². The van der Waals surface area contributed by atoms with E-state index in [-0.39, 0.29) is 41.9 Å². The number of piperazine rings is 1. The summed E-state index contributed by atoms with van der Waals surface area (Å²) in [5.74, 6) is 0.212. The summed E-state index contributed by atoms with van der Waals surface area (Å²) in [7, 11) is -3.65. The molecule has 5 nitrogen and oxygen atoms in total. The zero-order valence-corrected chi connectivity index (χ0v) is 16.9. The lowest BCUT2D eigenvalue weighted by atomic mass is 10.2. The molecule has 1 aromatic carbocycles. The lowest BCUT2D eigenvalue weighted by Crippen LogP contribution is -2.49. The van der Waals surface area contributed by atoms with Gasteiger partial charge in [-0.2, -0.15) is 17.5 Å². The summed E-state index contributed by atoms with van der Waals surface area (Å²) in [5, 5.41) is -0.117. The number of benzene rings is 1. The Morgan fingerprint density at radius 1 is 1.11 bits per heavy atom. The van der Waals surface area contributed by atoms with Gasteiger partial charge in [0.05, 0.1) is 15.5 Å². The largest absolute Gasteiger partial charge is 0.417 e. The average Bonchev–Trinajstić information content (AvgIpc) is 2.61. The molecule has 1 aromatic heterocycles. The Balaban J connectivity index is 1.74. The van der Waals surface area contributed by atoms with Crippen LogP contribution >= 0.6 is 27.5 Å². The number of nitrogens with zero attached hydrogens (tertiary/aromatic N) is 3. The molecular formula is C16H14BrClF3N3O2S. The molecule has 0 aliphatic carbocycles. The van der Waals surface area contributed by atoms with E-state index in [2.05, 4.69) is 20.9 Å². The van der Waals surface area contributed by atoms with Gasteiger partial charge >= 0.3 is 6.18 Å². The van der Waals surface area contributed by atoms with Crippen LogP contribution in [0, 0.1) is 0 Å². The van der Waals surface area contributed by atoms with E-state index < -0.39 is 21.8 Å². The smallest absolute Gasteiger partial charge is 0.353 e. The van der Waals surface area contributed by atoms with Crippen molar-refractivity contribution in [1.82, 2.24) is 9.29 Å². The van der Waals surface area contributed by atoms with Crippen LogP contribution in [0.15, 0.2) is 45.9 Å². The van der Waals surface area contributed by atoms with Crippen LogP contribution in [0.2, 0.25) is 5.02 Å². The van der Waals surface area contributed by atoms with Gasteiger partial charge in [-0.15, -0.1) is 0 Å². The molecule has 2 heterocycles. The first-order valence-electron chi connectivity index (χ1n) is 7.82. The van der Waals surface area contributed by atoms with Crippen molar-refractivity contribution >= 4 is 43.4 Å². The fourth-order valence-electron chi connectivity index (χ4n) is 2.74. The molecule has 0 unspecified atom stereocenters. The van der Waals surface area contributed by atoms with Crippen molar-refractivity contribution in [3.8, 4) is 0 Å². The van der Waals surface area contributed by atoms with Gasteiger partial charge in [0.1, 0.15) is 5.82 Å². The Labute approximate surface area is 167 Å². The van der Waals surface area contributed by atoms with Crippen LogP contribution in [0.5, 0.6) is 0 Å². The number of hydrogen-bond donors (Lipinski definition) is 0. The van der Waals surface area contributed by atoms with Crippen LogP contribution < -0.4 is 4.90 Å². The molecule has 3 rings (SSSR count). The Kier molecular flexibility index (Phi) is 5.72. The van der Waals surface area contributed by atoms with E-state index in [9.17, 15) is 21.6 Å². The minimum atomic E-state index is -4.52. The molecule has 2 aromatic rings. The van der Waals surface area contributed by atoms with Crippen LogP contribution in [0.1, 0.15) is 5.56 Å². The zero-order chi connectivity index (χ0) is 19.8. The van der Waals surface area contributed by atoms with Gasteiger partial charge < -0.3 is 4.90 Å². The lowest BCUT2D eigenvalue weighted by molar-refractivity contribution is -0.137. The van der Waals surface area contributed by atoms with E-state index in [0.717, 1.165) is 12.3 Å². The van der Waals surface area contributed by atoms with Crippen molar-refractivity contribution in [2.24, 2.45) is 0 Å². The Hall–Kier alpha value is -1.36. The minimum Gasteiger partial charge on any atom is -0.353 e. The first kappa shape index (κ1) is 20.4. The fraction of sp³-hybridized carbons (Fsp3) is 0.312. The Morgan fingerprint density at radius 3 is 2.33 bits per heavy atom. The normalized spacial score (nSPS) is 16.6. The highest BCUT2D eigenvalue weighted by atomic mass is 79.9. The van der Waals surface area contributed by atoms with Crippen LogP contribution in [0.25, 0.3) is 0 Å². The van der Waals surface area contributed by atoms with Gasteiger partial charge in [0, 0.05) is 36.8 Å². The molecule has 27 heavy (non-hydrogen) atoms. The standard InChI is InChI=1S/C16H14BrClF3N3O2S/c17-12-2-1-3-13(9-12)27(25,26)24-6-4-23(5-7-24)15-14(18)8-11(10-22-15)16(19,20)21/h1-3,8-10H,4-7H2. The van der Waals surface area contributed by atoms with Crippen LogP contribution in [-0.4, -0.2) is 43.9 Å². The highest BCUT2D eigenvalue weighted by Gasteiger charge is 2.33. The summed E-state index contributed by atoms with van der Waals surface area (Å²) in [6, 6.07) is 7.24. The van der Waals surface area contributed by atoms with E-state index in [1.165, 1.54) is 16.4 Å². The molecular weight excluding hydrogens is 471 g/mol. The topological polar surface area (TPSA) is 53.5 Å². The molecule has 0 amide bonds. The van der Waals surface area contributed by atoms with Gasteiger partial charge in [-0.1, -0.05) is 33.6 Å². The molecule has 0 N–H and O–H groups in total. The second-order valence-electron chi connectivity index (χ2n) is 5.88. The monoisotopic (exact) mass is 483 g/mol. The first-order chi connectivity index (χ1) is 12.6. The molecule has 0 saturated carbocycles. The number of aromatic nitrogens is 1. The van der Waals surface area contributed by atoms with Gasteiger partial charge in [-0.25, -0.2) is 13.4 Å². The van der Waals surface area contributed by atoms with Gasteiger partial charge in [-0.3, -0.25) is 0 Å². The van der Waals surface area contributed by atoms with Crippen molar-refractivity contribution in [3.05, 3.63) is 51.6 Å². The Morgan fingerprint density at radius 2 is 1.78 bits per heavy atom. The molecule has 11 heteroatoms. The predicted octanol–water partition coefficient (Wildman–Crippen LogP) is 4.03. The summed E-state index contributed by atoms with van der Waals surface area (Å²) in [6.07, 6.45) is -3.79. The third kappa shape index (κ3) is 4.39. The molecule has 0 radical (unpaired) electrons. The van der Waals surface area contributed by atoms with Gasteiger partial charge in [0.2, 0.25) is 10.0 Å². The third-order valence-corrected chi connectivity index (χ3v) is 6.79. The average molecular weight is 485 g/mol. The number of sulfonamides is 1. The maximum Gasteiger partial charge on any atom is 0.417 e. The van der Waals surface area contributed by atoms with Crippen molar-refractivity contribution in [1.29, 1.82) is 0 Å². The number of alkyl halides is 3. The maximum atomic E-state index is 12.7. The van der Waals surface area contributed by atoms with E-state index in [1.807, 2.05) is 0 Å². The third-order valence-electron chi connectivity index (χ3n) is 4.12. The quantitative estimate of drug-likeness (QED) is 0.660. The molecule has 0 spiro atoms. The second-order valence-corrected chi connectivity index (χ2v) is 9.14. The molecule has 1 aliphatic heterocycles. The van der Waals surface area contributed by atoms with Crippen molar-refractivity contribution in [3.63, 3.8) is 0 Å². The summed E-state index contributed by atoms with van der Waals surface area (Å²) in [5.41, 5.74) is -0.924. The maximum absolute atomic E-state index is 12.7. The van der Waals surface area contributed by atoms with Gasteiger partial charge in [0.25, 0.3) is 0 Å². The minimum absolute atomic E-state index is 0.117. The van der Waals surface area contributed by atoms with Crippen LogP contribution in [0.4, 0.5) is 19.0 Å². The number of halogens is 5. The fourth-order valence-corrected chi connectivity index (χ4v) is 5.04. The van der Waals surface area contributed by atoms with Crippen LogP contribution in [0.3, 0.4) is 0 Å². The SMILES string of the molecule is O=S(=O)(c1cccc(Br)c1)N1CCN(c2ncc(C(F)(F)F)cc2Cl)CC1. The number of pyridine rings is 1. The molecule has 1 fully saturated rings. The van der Waals surface area contributed by atoms with Gasteiger partial charge in [-0.05, 0) is 24.3 Å². The molecule has 0 bridgehead atoms. The molecule has 1 saturated heterocycles. The zero-order valence-electron chi connectivity index (χ0n) is 13.7. The lowest BCUT2D eigenvalue weighted by Gasteiger charge is -2.35.